The summed E-state index contributed by atoms with van der Waals surface area (Å²) in [5.74, 6) is 2.17. The number of hydrogen-bond donors (Lipinski definition) is 1. The maximum atomic E-state index is 12.0. The van der Waals surface area contributed by atoms with Crippen LogP contribution in [0.25, 0.3) is 0 Å². The van der Waals surface area contributed by atoms with Gasteiger partial charge in [-0.25, -0.2) is 4.79 Å². The molecule has 1 N–H and O–H groups in total. The molecule has 1 aliphatic rings. The Morgan fingerprint density at radius 1 is 1.43 bits per heavy atom. The van der Waals surface area contributed by atoms with E-state index in [0.29, 0.717) is 18.0 Å². The van der Waals surface area contributed by atoms with Crippen LogP contribution in [-0.4, -0.2) is 36.6 Å². The molecule has 0 saturated carbocycles. The summed E-state index contributed by atoms with van der Waals surface area (Å²) in [6, 6.07) is 7.02. The van der Waals surface area contributed by atoms with Gasteiger partial charge in [0.1, 0.15) is 5.75 Å². The highest BCUT2D eigenvalue weighted by molar-refractivity contribution is 7.99. The number of benzene rings is 1. The van der Waals surface area contributed by atoms with Crippen LogP contribution in [0.5, 0.6) is 5.75 Å². The molecule has 0 aromatic heterocycles. The fourth-order valence-corrected chi connectivity index (χ4v) is 3.21. The van der Waals surface area contributed by atoms with Crippen LogP contribution >= 0.6 is 11.8 Å². The lowest BCUT2D eigenvalue weighted by Gasteiger charge is -2.11. The molecule has 1 saturated heterocycles. The van der Waals surface area contributed by atoms with Gasteiger partial charge in [-0.2, -0.15) is 11.8 Å². The van der Waals surface area contributed by atoms with E-state index in [1.54, 1.807) is 43.0 Å². The number of nitrogens with one attached hydrogen (secondary N) is 1. The summed E-state index contributed by atoms with van der Waals surface area (Å²) in [4.78, 5) is 23.3. The second-order valence-electron chi connectivity index (χ2n) is 4.67. The molecule has 0 aliphatic carbocycles. The first-order valence-electron chi connectivity index (χ1n) is 6.96. The van der Waals surface area contributed by atoms with Gasteiger partial charge in [0, 0.05) is 23.4 Å². The maximum Gasteiger partial charge on any atom is 0.344 e. The average Bonchev–Trinajstić information content (AvgIpc) is 3.00. The van der Waals surface area contributed by atoms with Crippen LogP contribution in [0.4, 0.5) is 5.69 Å². The Labute approximate surface area is 128 Å². The van der Waals surface area contributed by atoms with Gasteiger partial charge < -0.3 is 14.8 Å². The van der Waals surface area contributed by atoms with Gasteiger partial charge in [-0.15, -0.1) is 0 Å². The predicted octanol–water partition coefficient (Wildman–Crippen LogP) is 2.32. The smallest absolute Gasteiger partial charge is 0.344 e. The first kappa shape index (κ1) is 15.7. The van der Waals surface area contributed by atoms with Crippen molar-refractivity contribution in [2.24, 2.45) is 5.92 Å². The van der Waals surface area contributed by atoms with Crippen LogP contribution < -0.4 is 10.1 Å². The number of rotatable bonds is 6. The highest BCUT2D eigenvalue weighted by Gasteiger charge is 2.23. The molecule has 1 aromatic rings. The third-order valence-electron chi connectivity index (χ3n) is 3.06. The molecule has 1 amide bonds. The van der Waals surface area contributed by atoms with Crippen molar-refractivity contribution in [1.29, 1.82) is 0 Å². The molecule has 1 atom stereocenters. The molecule has 0 radical (unpaired) electrons. The molecule has 0 bridgehead atoms. The zero-order valence-electron chi connectivity index (χ0n) is 12.0. The van der Waals surface area contributed by atoms with Crippen molar-refractivity contribution in [1.82, 2.24) is 0 Å². The normalized spacial score (nSPS) is 17.3. The average molecular weight is 309 g/mol. The summed E-state index contributed by atoms with van der Waals surface area (Å²) in [7, 11) is 0. The molecular weight excluding hydrogens is 290 g/mol. The lowest BCUT2D eigenvalue weighted by atomic mass is 10.1. The predicted molar refractivity (Wildman–Crippen MR) is 82.6 cm³/mol. The molecule has 1 fully saturated rings. The molecule has 2 rings (SSSR count). The Kier molecular flexibility index (Phi) is 5.92. The Morgan fingerprint density at radius 3 is 3.00 bits per heavy atom. The van der Waals surface area contributed by atoms with E-state index in [0.717, 1.165) is 17.9 Å². The molecule has 21 heavy (non-hydrogen) atoms. The van der Waals surface area contributed by atoms with Gasteiger partial charge in [0.2, 0.25) is 5.91 Å². The van der Waals surface area contributed by atoms with Gasteiger partial charge >= 0.3 is 5.97 Å². The largest absolute Gasteiger partial charge is 0.482 e. The Balaban J connectivity index is 1.88. The number of ether oxygens (including phenoxy) is 2. The minimum absolute atomic E-state index is 0.0440. The number of hydrogen-bond acceptors (Lipinski definition) is 5. The number of amides is 1. The van der Waals surface area contributed by atoms with E-state index in [1.165, 1.54) is 0 Å². The number of esters is 1. The summed E-state index contributed by atoms with van der Waals surface area (Å²) in [6.07, 6.45) is 0.926. The van der Waals surface area contributed by atoms with Gasteiger partial charge in [-0.3, -0.25) is 4.79 Å². The Hall–Kier alpha value is -1.69. The second kappa shape index (κ2) is 7.93. The monoisotopic (exact) mass is 309 g/mol. The van der Waals surface area contributed by atoms with Crippen molar-refractivity contribution in [3.8, 4) is 5.75 Å². The molecule has 1 heterocycles. The van der Waals surface area contributed by atoms with E-state index >= 15 is 0 Å². The molecule has 1 aromatic carbocycles. The summed E-state index contributed by atoms with van der Waals surface area (Å²) < 4.78 is 10.1. The third kappa shape index (κ3) is 4.97. The van der Waals surface area contributed by atoms with E-state index < -0.39 is 5.97 Å². The van der Waals surface area contributed by atoms with Crippen molar-refractivity contribution >= 4 is 29.3 Å². The molecule has 114 valence electrons. The zero-order chi connectivity index (χ0) is 15.1. The van der Waals surface area contributed by atoms with E-state index in [2.05, 4.69) is 5.32 Å². The summed E-state index contributed by atoms with van der Waals surface area (Å²) in [5, 5.41) is 2.89. The molecule has 1 unspecified atom stereocenters. The fraction of sp³-hybridized carbons (Fsp3) is 0.467. The lowest BCUT2D eigenvalue weighted by Crippen LogP contribution is -2.22. The van der Waals surface area contributed by atoms with Crippen LogP contribution in [0.3, 0.4) is 0 Å². The Morgan fingerprint density at radius 2 is 2.29 bits per heavy atom. The van der Waals surface area contributed by atoms with E-state index in [-0.39, 0.29) is 18.4 Å². The van der Waals surface area contributed by atoms with Gasteiger partial charge in [0.15, 0.2) is 6.61 Å². The topological polar surface area (TPSA) is 64.6 Å². The second-order valence-corrected chi connectivity index (χ2v) is 5.82. The highest BCUT2D eigenvalue weighted by atomic mass is 32.2. The third-order valence-corrected chi connectivity index (χ3v) is 4.23. The standard InChI is InChI=1S/C15H19NO4S/c1-2-19-14(17)9-20-13-5-3-4-12(8-13)16-15(18)11-6-7-21-10-11/h3-5,8,11H,2,6-7,9-10H2,1H3,(H,16,18). The van der Waals surface area contributed by atoms with Crippen LogP contribution in [0.2, 0.25) is 0 Å². The summed E-state index contributed by atoms with van der Waals surface area (Å²) in [6.45, 7) is 1.94. The molecule has 1 aliphatic heterocycles. The SMILES string of the molecule is CCOC(=O)COc1cccc(NC(=O)C2CCSC2)c1. The van der Waals surface area contributed by atoms with Crippen LogP contribution in [-0.2, 0) is 14.3 Å². The van der Waals surface area contributed by atoms with E-state index in [4.69, 9.17) is 9.47 Å². The van der Waals surface area contributed by atoms with E-state index in [1.807, 2.05) is 0 Å². The first-order valence-corrected chi connectivity index (χ1v) is 8.11. The summed E-state index contributed by atoms with van der Waals surface area (Å²) >= 11 is 1.80. The molecule has 6 heteroatoms. The number of carbonyl (C=O) groups excluding carboxylic acids is 2. The summed E-state index contributed by atoms with van der Waals surface area (Å²) in [5.41, 5.74) is 0.679. The van der Waals surface area contributed by atoms with Crippen molar-refractivity contribution < 1.29 is 19.1 Å². The highest BCUT2D eigenvalue weighted by Crippen LogP contribution is 2.25. The number of anilines is 1. The zero-order valence-corrected chi connectivity index (χ0v) is 12.8. The molecular formula is C15H19NO4S. The van der Waals surface area contributed by atoms with Crippen LogP contribution in [0.15, 0.2) is 24.3 Å². The Bertz CT molecular complexity index is 500. The maximum absolute atomic E-state index is 12.0. The van der Waals surface area contributed by atoms with Crippen molar-refractivity contribution in [3.05, 3.63) is 24.3 Å². The quantitative estimate of drug-likeness (QED) is 0.817. The van der Waals surface area contributed by atoms with Crippen LogP contribution in [0.1, 0.15) is 13.3 Å². The van der Waals surface area contributed by atoms with Gasteiger partial charge in [-0.05, 0) is 31.2 Å². The number of thioether (sulfide) groups is 1. The van der Waals surface area contributed by atoms with Gasteiger partial charge in [0.25, 0.3) is 0 Å². The van der Waals surface area contributed by atoms with Crippen molar-refractivity contribution in [2.45, 2.75) is 13.3 Å². The van der Waals surface area contributed by atoms with Gasteiger partial charge in [-0.1, -0.05) is 6.07 Å². The molecule has 0 spiro atoms. The van der Waals surface area contributed by atoms with Crippen LogP contribution in [0, 0.1) is 5.92 Å². The number of carbonyl (C=O) groups is 2. The van der Waals surface area contributed by atoms with Crippen molar-refractivity contribution in [3.63, 3.8) is 0 Å². The van der Waals surface area contributed by atoms with Gasteiger partial charge in [0.05, 0.1) is 6.61 Å². The minimum atomic E-state index is -0.407. The molecule has 5 nitrogen and oxygen atoms in total. The van der Waals surface area contributed by atoms with Crippen molar-refractivity contribution in [2.75, 3.05) is 30.0 Å². The minimum Gasteiger partial charge on any atom is -0.482 e. The first-order chi connectivity index (χ1) is 10.2. The lowest BCUT2D eigenvalue weighted by molar-refractivity contribution is -0.145. The van der Waals surface area contributed by atoms with E-state index in [9.17, 15) is 9.59 Å². The fourth-order valence-electron chi connectivity index (χ4n) is 1.99.